The molecule has 2 aliphatic carbocycles. The Labute approximate surface area is 205 Å². The van der Waals surface area contributed by atoms with E-state index >= 15 is 0 Å². The van der Waals surface area contributed by atoms with Gasteiger partial charge in [-0.2, -0.15) is 0 Å². The van der Waals surface area contributed by atoms with Crippen molar-refractivity contribution in [1.82, 2.24) is 10.2 Å². The fourth-order valence-electron chi connectivity index (χ4n) is 2.86. The number of nitrogens with zero attached hydrogens (tertiary/aromatic N) is 1. The molecule has 2 amide bonds. The highest BCUT2D eigenvalue weighted by molar-refractivity contribution is 5.79. The van der Waals surface area contributed by atoms with Crippen molar-refractivity contribution in [3.8, 4) is 0 Å². The highest BCUT2D eigenvalue weighted by Gasteiger charge is 2.15. The van der Waals surface area contributed by atoms with E-state index < -0.39 is 0 Å². The van der Waals surface area contributed by atoms with Crippen molar-refractivity contribution < 1.29 is 23.8 Å². The van der Waals surface area contributed by atoms with Gasteiger partial charge in [-0.3, -0.25) is 9.59 Å². The van der Waals surface area contributed by atoms with Gasteiger partial charge in [0.2, 0.25) is 19.1 Å². The molecule has 3 rings (SSSR count). The van der Waals surface area contributed by atoms with Crippen LogP contribution < -0.4 is 5.32 Å². The zero-order chi connectivity index (χ0) is 25.8. The summed E-state index contributed by atoms with van der Waals surface area (Å²) in [6.07, 6.45) is 17.2. The zero-order valence-electron chi connectivity index (χ0n) is 21.8. The number of carbonyl (C=O) groups is 2. The average molecular weight is 475 g/mol. The maximum Gasteiger partial charge on any atom is 0.239 e. The lowest BCUT2D eigenvalue weighted by atomic mass is 10.0. The standard InChI is InChI=1S/C15H22N2O3.C8H8O2.2C2H6/c1-12-4-6-14(20-3)7-5-13(12)8-9-16-15(19)10-17(2)11-18;1-2-4-7-8(5-3-1)10-6-9-7;2*1-2/h4-5,7,11H,6,8-10H2,1-3H3,(H,16,19);1-2,4-5H,3,6H2;2*1-2H3. The van der Waals surface area contributed by atoms with Crippen molar-refractivity contribution in [3.63, 3.8) is 0 Å². The Morgan fingerprint density at radius 3 is 2.50 bits per heavy atom. The molecule has 7 heteroatoms. The van der Waals surface area contributed by atoms with Crippen molar-refractivity contribution in [2.75, 3.05) is 34.0 Å². The number of nitrogens with one attached hydrogen (secondary N) is 1. The summed E-state index contributed by atoms with van der Waals surface area (Å²) in [4.78, 5) is 23.2. The van der Waals surface area contributed by atoms with Gasteiger partial charge in [-0.05, 0) is 43.6 Å². The maximum atomic E-state index is 11.5. The largest absolute Gasteiger partial charge is 0.501 e. The maximum absolute atomic E-state index is 11.5. The number of fused-ring (bicyclic) bond motifs is 1. The highest BCUT2D eigenvalue weighted by Crippen LogP contribution is 2.23. The van der Waals surface area contributed by atoms with Crippen LogP contribution in [-0.2, 0) is 23.8 Å². The number of likely N-dealkylation sites (N-methyl/N-ethyl adjacent to an activating group) is 1. The molecule has 190 valence electrons. The number of hydrogen-bond donors (Lipinski definition) is 1. The summed E-state index contributed by atoms with van der Waals surface area (Å²) in [7, 11) is 3.24. The van der Waals surface area contributed by atoms with Gasteiger partial charge in [-0.25, -0.2) is 0 Å². The first-order valence-corrected chi connectivity index (χ1v) is 11.9. The number of hydrogen-bond acceptors (Lipinski definition) is 5. The summed E-state index contributed by atoms with van der Waals surface area (Å²) in [5, 5.41) is 2.80. The summed E-state index contributed by atoms with van der Waals surface area (Å²) in [6, 6.07) is 0. The van der Waals surface area contributed by atoms with Crippen LogP contribution in [0.1, 0.15) is 53.9 Å². The van der Waals surface area contributed by atoms with E-state index in [1.54, 1.807) is 14.2 Å². The van der Waals surface area contributed by atoms with Crippen molar-refractivity contribution in [1.29, 1.82) is 0 Å². The fraction of sp³-hybridized carbons (Fsp3) is 0.481. The van der Waals surface area contributed by atoms with Crippen LogP contribution in [0.2, 0.25) is 0 Å². The monoisotopic (exact) mass is 474 g/mol. The van der Waals surface area contributed by atoms with E-state index in [9.17, 15) is 9.59 Å². The van der Waals surface area contributed by atoms with Crippen LogP contribution in [0.25, 0.3) is 0 Å². The Morgan fingerprint density at radius 2 is 1.82 bits per heavy atom. The molecule has 1 heterocycles. The third-order valence-electron chi connectivity index (χ3n) is 4.63. The topological polar surface area (TPSA) is 77.1 Å². The molecule has 34 heavy (non-hydrogen) atoms. The van der Waals surface area contributed by atoms with E-state index in [4.69, 9.17) is 14.2 Å². The van der Waals surface area contributed by atoms with Crippen LogP contribution in [-0.4, -0.2) is 51.3 Å². The summed E-state index contributed by atoms with van der Waals surface area (Å²) in [6.45, 7) is 11.1. The quantitative estimate of drug-likeness (QED) is 0.516. The molecule has 1 N–H and O–H groups in total. The Balaban J connectivity index is 0.000000643. The molecule has 0 unspecified atom stereocenters. The zero-order valence-corrected chi connectivity index (χ0v) is 21.8. The second-order valence-corrected chi connectivity index (χ2v) is 6.91. The van der Waals surface area contributed by atoms with Crippen molar-refractivity contribution in [3.05, 3.63) is 71.0 Å². The second-order valence-electron chi connectivity index (χ2n) is 6.91. The van der Waals surface area contributed by atoms with Crippen LogP contribution in [0, 0.1) is 0 Å². The Morgan fingerprint density at radius 1 is 1.12 bits per heavy atom. The number of allylic oxidation sites excluding steroid dienone is 8. The molecule has 3 aliphatic rings. The summed E-state index contributed by atoms with van der Waals surface area (Å²) in [5.41, 5.74) is 2.38. The lowest BCUT2D eigenvalue weighted by molar-refractivity contribution is -0.127. The predicted molar refractivity (Wildman–Crippen MR) is 138 cm³/mol. The first-order valence-electron chi connectivity index (χ1n) is 11.9. The lowest BCUT2D eigenvalue weighted by Crippen LogP contribution is -2.35. The fourth-order valence-corrected chi connectivity index (χ4v) is 2.86. The van der Waals surface area contributed by atoms with Gasteiger partial charge in [0.25, 0.3) is 0 Å². The van der Waals surface area contributed by atoms with Crippen LogP contribution in [0.15, 0.2) is 71.0 Å². The first-order chi connectivity index (χ1) is 16.5. The van der Waals surface area contributed by atoms with Crippen LogP contribution in [0.4, 0.5) is 0 Å². The number of amides is 2. The van der Waals surface area contributed by atoms with E-state index in [1.807, 2.05) is 58.1 Å². The molecule has 0 atom stereocenters. The van der Waals surface area contributed by atoms with Crippen LogP contribution in [0.3, 0.4) is 0 Å². The molecular weight excluding hydrogens is 432 g/mol. The summed E-state index contributed by atoms with van der Waals surface area (Å²) >= 11 is 0. The molecule has 0 aromatic heterocycles. The van der Waals surface area contributed by atoms with Crippen LogP contribution >= 0.6 is 0 Å². The molecular formula is C27H42N2O5. The van der Waals surface area contributed by atoms with Gasteiger partial charge in [0.1, 0.15) is 0 Å². The molecule has 0 bridgehead atoms. The van der Waals surface area contributed by atoms with E-state index in [1.165, 1.54) is 16.0 Å². The van der Waals surface area contributed by atoms with Crippen LogP contribution in [0.5, 0.6) is 0 Å². The second kappa shape index (κ2) is 19.3. The van der Waals surface area contributed by atoms with Gasteiger partial charge < -0.3 is 24.4 Å². The predicted octanol–water partition coefficient (Wildman–Crippen LogP) is 5.16. The van der Waals surface area contributed by atoms with Gasteiger partial charge in [0.15, 0.2) is 11.5 Å². The molecule has 1 fully saturated rings. The molecule has 7 nitrogen and oxygen atoms in total. The first kappa shape index (κ1) is 30.8. The smallest absolute Gasteiger partial charge is 0.239 e. The van der Waals surface area contributed by atoms with Gasteiger partial charge in [-0.15, -0.1) is 0 Å². The SMILES string of the molecule is C1=CCC=C2OCOC2=C1.CC.CC.COC1=CC=C(CCNC(=O)CN(C)C=O)C(C)=CC1. The molecule has 1 aliphatic heterocycles. The average Bonchev–Trinajstić information content (AvgIpc) is 3.09. The normalized spacial score (nSPS) is 15.2. The Hall–Kier alpha value is -3.22. The number of ether oxygens (including phenoxy) is 3. The van der Waals surface area contributed by atoms with E-state index in [-0.39, 0.29) is 12.5 Å². The number of rotatable bonds is 7. The minimum atomic E-state index is -0.149. The van der Waals surface area contributed by atoms with Crippen molar-refractivity contribution in [2.24, 2.45) is 0 Å². The van der Waals surface area contributed by atoms with E-state index in [0.717, 1.165) is 36.5 Å². The third kappa shape index (κ3) is 12.1. The minimum Gasteiger partial charge on any atom is -0.501 e. The number of methoxy groups -OCH3 is 1. The molecule has 1 saturated heterocycles. The van der Waals surface area contributed by atoms with E-state index in [0.29, 0.717) is 19.7 Å². The molecule has 0 spiro atoms. The molecule has 0 saturated carbocycles. The van der Waals surface area contributed by atoms with E-state index in [2.05, 4.69) is 24.4 Å². The Bertz CT molecular complexity index is 804. The highest BCUT2D eigenvalue weighted by atomic mass is 16.7. The molecule has 0 aromatic carbocycles. The Kier molecular flexibility index (Phi) is 17.4. The molecule has 0 radical (unpaired) electrons. The lowest BCUT2D eigenvalue weighted by Gasteiger charge is -2.11. The van der Waals surface area contributed by atoms with Gasteiger partial charge in [0.05, 0.1) is 19.4 Å². The minimum absolute atomic E-state index is 0.0884. The van der Waals surface area contributed by atoms with Crippen molar-refractivity contribution in [2.45, 2.75) is 53.9 Å². The van der Waals surface area contributed by atoms with Gasteiger partial charge >= 0.3 is 0 Å². The van der Waals surface area contributed by atoms with Gasteiger partial charge in [-0.1, -0.05) is 57.6 Å². The molecule has 0 aromatic rings. The number of carbonyl (C=O) groups excluding carboxylic acids is 2. The summed E-state index contributed by atoms with van der Waals surface area (Å²) in [5.74, 6) is 2.51. The summed E-state index contributed by atoms with van der Waals surface area (Å²) < 4.78 is 15.6. The van der Waals surface area contributed by atoms with Crippen molar-refractivity contribution >= 4 is 12.3 Å². The third-order valence-corrected chi connectivity index (χ3v) is 4.63. The van der Waals surface area contributed by atoms with Gasteiger partial charge in [0, 0.05) is 20.0 Å².